The van der Waals surface area contributed by atoms with E-state index < -0.39 is 17.7 Å². The van der Waals surface area contributed by atoms with E-state index in [1.165, 1.54) is 40.3 Å². The number of hydrogen-bond donors (Lipinski definition) is 1. The summed E-state index contributed by atoms with van der Waals surface area (Å²) in [6.07, 6.45) is 2.68. The Morgan fingerprint density at radius 1 is 1.16 bits per heavy atom. The maximum absolute atomic E-state index is 13.4. The Kier molecular flexibility index (Phi) is 5.56. The molecule has 0 saturated heterocycles. The van der Waals surface area contributed by atoms with Gasteiger partial charge in [0.05, 0.1) is 6.61 Å². The van der Waals surface area contributed by atoms with Crippen LogP contribution in [0.5, 0.6) is 0 Å². The lowest BCUT2D eigenvalue weighted by atomic mass is 9.97. The molecule has 1 N–H and O–H groups in total. The van der Waals surface area contributed by atoms with Gasteiger partial charge in [-0.2, -0.15) is 0 Å². The number of esters is 1. The zero-order valence-corrected chi connectivity index (χ0v) is 18.0. The third-order valence-electron chi connectivity index (χ3n) is 4.82. The van der Waals surface area contributed by atoms with Crippen LogP contribution in [0, 0.1) is 19.7 Å². The number of hydrogen-bond acceptors (Lipinski definition) is 5. The molecule has 1 amide bonds. The number of halogens is 1. The Morgan fingerprint density at radius 2 is 1.97 bits per heavy atom. The van der Waals surface area contributed by atoms with Crippen molar-refractivity contribution in [1.82, 2.24) is 9.38 Å². The number of amides is 1. The number of carbonyl (C=O) groups excluding carboxylic acids is 2. The molecular weight excluding hydrogens is 417 g/mol. The summed E-state index contributed by atoms with van der Waals surface area (Å²) in [5, 5.41) is 4.98. The van der Waals surface area contributed by atoms with Crippen molar-refractivity contribution in [2.45, 2.75) is 20.8 Å². The Morgan fingerprint density at radius 3 is 2.71 bits per heavy atom. The van der Waals surface area contributed by atoms with Crippen molar-refractivity contribution >= 4 is 33.9 Å². The van der Waals surface area contributed by atoms with Gasteiger partial charge in [-0.15, -0.1) is 11.3 Å². The summed E-state index contributed by atoms with van der Waals surface area (Å²) in [6, 6.07) is 8.73. The van der Waals surface area contributed by atoms with Crippen LogP contribution in [0.3, 0.4) is 0 Å². The maximum atomic E-state index is 13.4. The van der Waals surface area contributed by atoms with E-state index in [-0.39, 0.29) is 12.3 Å². The number of imidazole rings is 1. The highest BCUT2D eigenvalue weighted by molar-refractivity contribution is 7.15. The zero-order valence-electron chi connectivity index (χ0n) is 17.2. The summed E-state index contributed by atoms with van der Waals surface area (Å²) in [7, 11) is 0. The van der Waals surface area contributed by atoms with Gasteiger partial charge in [0, 0.05) is 23.3 Å². The first-order valence-corrected chi connectivity index (χ1v) is 10.6. The lowest BCUT2D eigenvalue weighted by molar-refractivity contribution is 0.0529. The minimum Gasteiger partial charge on any atom is -0.462 e. The molecule has 4 rings (SSSR count). The van der Waals surface area contributed by atoms with Gasteiger partial charge in [0.25, 0.3) is 5.91 Å². The molecule has 3 heterocycles. The standard InChI is InChI=1S/C23H20FN3O3S/c1-4-30-23(29)20-17(16-7-5-13(2)9-14(16)3)12-31-22(20)26-21(28)18-11-27-10-15(24)6-8-19(27)25-18/h5-12H,4H2,1-3H3,(H,26,28). The van der Waals surface area contributed by atoms with Crippen LogP contribution in [-0.2, 0) is 4.74 Å². The first-order valence-electron chi connectivity index (χ1n) is 9.69. The third kappa shape index (κ3) is 4.06. The fourth-order valence-electron chi connectivity index (χ4n) is 3.41. The molecule has 3 aromatic heterocycles. The quantitative estimate of drug-likeness (QED) is 0.433. The van der Waals surface area contributed by atoms with E-state index in [0.717, 1.165) is 16.7 Å². The van der Waals surface area contributed by atoms with E-state index in [4.69, 9.17) is 4.74 Å². The Bertz CT molecular complexity index is 1310. The van der Waals surface area contributed by atoms with Crippen LogP contribution in [0.4, 0.5) is 9.39 Å². The fraction of sp³-hybridized carbons (Fsp3) is 0.174. The molecule has 158 valence electrons. The van der Waals surface area contributed by atoms with Crippen molar-refractivity contribution in [3.8, 4) is 11.1 Å². The summed E-state index contributed by atoms with van der Waals surface area (Å²) >= 11 is 1.24. The number of pyridine rings is 1. The number of rotatable bonds is 5. The van der Waals surface area contributed by atoms with Gasteiger partial charge in [0.1, 0.15) is 27.7 Å². The molecule has 31 heavy (non-hydrogen) atoms. The molecular formula is C23H20FN3O3S. The molecule has 0 aliphatic rings. The number of anilines is 1. The molecule has 0 atom stereocenters. The van der Waals surface area contributed by atoms with E-state index in [2.05, 4.69) is 10.3 Å². The Labute approximate surface area is 182 Å². The number of nitrogens with zero attached hydrogens (tertiary/aromatic N) is 2. The van der Waals surface area contributed by atoms with E-state index in [0.29, 0.717) is 21.8 Å². The second-order valence-electron chi connectivity index (χ2n) is 7.09. The number of aromatic nitrogens is 2. The van der Waals surface area contributed by atoms with Crippen molar-refractivity contribution in [1.29, 1.82) is 0 Å². The van der Waals surface area contributed by atoms with E-state index in [1.807, 2.05) is 37.4 Å². The smallest absolute Gasteiger partial charge is 0.341 e. The second kappa shape index (κ2) is 8.31. The Hall–Kier alpha value is -3.52. The van der Waals surface area contributed by atoms with Gasteiger partial charge in [-0.1, -0.05) is 23.8 Å². The summed E-state index contributed by atoms with van der Waals surface area (Å²) in [5.74, 6) is -1.44. The lowest BCUT2D eigenvalue weighted by Gasteiger charge is -2.10. The van der Waals surface area contributed by atoms with Crippen molar-refractivity contribution in [3.05, 3.63) is 76.3 Å². The van der Waals surface area contributed by atoms with Gasteiger partial charge in [0.15, 0.2) is 0 Å². The minimum atomic E-state index is -0.508. The van der Waals surface area contributed by atoms with Gasteiger partial charge in [0.2, 0.25) is 0 Å². The van der Waals surface area contributed by atoms with Crippen molar-refractivity contribution in [3.63, 3.8) is 0 Å². The van der Waals surface area contributed by atoms with Crippen molar-refractivity contribution in [2.24, 2.45) is 0 Å². The van der Waals surface area contributed by atoms with Crippen LogP contribution < -0.4 is 5.32 Å². The molecule has 0 spiro atoms. The number of aryl methyl sites for hydroxylation is 2. The first-order chi connectivity index (χ1) is 14.9. The van der Waals surface area contributed by atoms with Crippen LogP contribution >= 0.6 is 11.3 Å². The van der Waals surface area contributed by atoms with Crippen LogP contribution in [0.25, 0.3) is 16.8 Å². The largest absolute Gasteiger partial charge is 0.462 e. The molecule has 0 radical (unpaired) electrons. The molecule has 0 unspecified atom stereocenters. The summed E-state index contributed by atoms with van der Waals surface area (Å²) in [4.78, 5) is 29.8. The summed E-state index contributed by atoms with van der Waals surface area (Å²) in [5.41, 5.74) is 4.60. The molecule has 0 bridgehead atoms. The van der Waals surface area contributed by atoms with Gasteiger partial charge < -0.3 is 14.5 Å². The van der Waals surface area contributed by atoms with E-state index >= 15 is 0 Å². The SMILES string of the molecule is CCOC(=O)c1c(-c2ccc(C)cc2C)csc1NC(=O)c1cn2cc(F)ccc2n1. The highest BCUT2D eigenvalue weighted by Gasteiger charge is 2.24. The monoisotopic (exact) mass is 437 g/mol. The second-order valence-corrected chi connectivity index (χ2v) is 7.97. The Balaban J connectivity index is 1.72. The molecule has 0 aliphatic carbocycles. The van der Waals surface area contributed by atoms with Gasteiger partial charge in [-0.05, 0) is 44.0 Å². The highest BCUT2D eigenvalue weighted by atomic mass is 32.1. The third-order valence-corrected chi connectivity index (χ3v) is 5.71. The zero-order chi connectivity index (χ0) is 22.1. The number of nitrogens with one attached hydrogen (secondary N) is 1. The predicted octanol–water partition coefficient (Wildman–Crippen LogP) is 5.25. The number of benzene rings is 1. The van der Waals surface area contributed by atoms with E-state index in [9.17, 15) is 14.0 Å². The number of thiophene rings is 1. The maximum Gasteiger partial charge on any atom is 0.341 e. The van der Waals surface area contributed by atoms with Crippen LogP contribution in [0.15, 0.2) is 48.1 Å². The van der Waals surface area contributed by atoms with Crippen molar-refractivity contribution < 1.29 is 18.7 Å². The average molecular weight is 437 g/mol. The normalized spacial score (nSPS) is 11.0. The van der Waals surface area contributed by atoms with Crippen molar-refractivity contribution in [2.75, 3.05) is 11.9 Å². The lowest BCUT2D eigenvalue weighted by Crippen LogP contribution is -2.15. The van der Waals surface area contributed by atoms with Crippen LogP contribution in [0.1, 0.15) is 38.9 Å². The van der Waals surface area contributed by atoms with Gasteiger partial charge in [-0.3, -0.25) is 4.79 Å². The molecule has 4 aromatic rings. The fourth-order valence-corrected chi connectivity index (χ4v) is 4.35. The van der Waals surface area contributed by atoms with Crippen LogP contribution in [0.2, 0.25) is 0 Å². The van der Waals surface area contributed by atoms with Gasteiger partial charge >= 0.3 is 5.97 Å². The highest BCUT2D eigenvalue weighted by Crippen LogP contribution is 2.38. The predicted molar refractivity (Wildman–Crippen MR) is 118 cm³/mol. The number of ether oxygens (including phenoxy) is 1. The summed E-state index contributed by atoms with van der Waals surface area (Å²) in [6.45, 7) is 5.92. The first kappa shape index (κ1) is 20.7. The number of carbonyl (C=O) groups is 2. The molecule has 0 saturated carbocycles. The van der Waals surface area contributed by atoms with Crippen LogP contribution in [-0.4, -0.2) is 27.9 Å². The topological polar surface area (TPSA) is 72.7 Å². The molecule has 0 aliphatic heterocycles. The summed E-state index contributed by atoms with van der Waals surface area (Å²) < 4.78 is 20.1. The molecule has 1 aromatic carbocycles. The minimum absolute atomic E-state index is 0.113. The van der Waals surface area contributed by atoms with Gasteiger partial charge in [-0.25, -0.2) is 14.2 Å². The molecule has 8 heteroatoms. The number of fused-ring (bicyclic) bond motifs is 1. The molecule has 6 nitrogen and oxygen atoms in total. The van der Waals surface area contributed by atoms with E-state index in [1.54, 1.807) is 6.92 Å². The average Bonchev–Trinajstić information content (AvgIpc) is 3.32. The molecule has 0 fully saturated rings.